The van der Waals surface area contributed by atoms with Crippen molar-refractivity contribution in [2.75, 3.05) is 5.32 Å². The third-order valence-electron chi connectivity index (χ3n) is 5.73. The van der Waals surface area contributed by atoms with Crippen molar-refractivity contribution in [2.45, 2.75) is 19.0 Å². The van der Waals surface area contributed by atoms with Crippen molar-refractivity contribution in [3.8, 4) is 0 Å². The lowest BCUT2D eigenvalue weighted by molar-refractivity contribution is 0.0960. The van der Waals surface area contributed by atoms with Gasteiger partial charge in [-0.1, -0.05) is 23.2 Å². The van der Waals surface area contributed by atoms with Gasteiger partial charge in [0.25, 0.3) is 18.2 Å². The number of nitrogens with zero attached hydrogens (tertiary/aromatic N) is 2. The van der Waals surface area contributed by atoms with Crippen molar-refractivity contribution in [3.63, 3.8) is 0 Å². The Bertz CT molecular complexity index is 1540. The lowest BCUT2D eigenvalue weighted by Crippen LogP contribution is -2.21. The highest BCUT2D eigenvalue weighted by atomic mass is 35.5. The van der Waals surface area contributed by atoms with Crippen LogP contribution in [0.5, 0.6) is 0 Å². The largest absolute Gasteiger partial charge is 0.341 e. The van der Waals surface area contributed by atoms with Crippen molar-refractivity contribution in [3.05, 3.63) is 92.6 Å². The summed E-state index contributed by atoms with van der Waals surface area (Å²) < 4.78 is 55.2. The van der Waals surface area contributed by atoms with Crippen molar-refractivity contribution in [1.29, 1.82) is 0 Å². The molecule has 1 atom stereocenters. The minimum Gasteiger partial charge on any atom is -0.341 e. The van der Waals surface area contributed by atoms with Gasteiger partial charge in [-0.2, -0.15) is 5.10 Å². The van der Waals surface area contributed by atoms with Crippen molar-refractivity contribution >= 4 is 51.6 Å². The van der Waals surface area contributed by atoms with Crippen LogP contribution in [0.15, 0.2) is 48.7 Å². The Hall–Kier alpha value is -3.63. The van der Waals surface area contributed by atoms with E-state index in [9.17, 15) is 27.2 Å². The summed E-state index contributed by atoms with van der Waals surface area (Å²) in [5, 5.41) is 9.68. The van der Waals surface area contributed by atoms with Crippen LogP contribution in [0.3, 0.4) is 0 Å². The number of alkyl halides is 2. The van der Waals surface area contributed by atoms with Gasteiger partial charge in [-0.05, 0) is 42.5 Å². The number of nitrogens with one attached hydrogen (secondary N) is 2. The predicted molar refractivity (Wildman–Crippen MR) is 126 cm³/mol. The zero-order valence-corrected chi connectivity index (χ0v) is 19.5. The van der Waals surface area contributed by atoms with Crippen LogP contribution in [0.2, 0.25) is 10.0 Å². The van der Waals surface area contributed by atoms with E-state index in [4.69, 9.17) is 23.2 Å². The molecule has 0 radical (unpaired) electrons. The molecule has 0 saturated carbocycles. The average Bonchev–Trinajstić information content (AvgIpc) is 3.35. The van der Waals surface area contributed by atoms with Gasteiger partial charge in [-0.25, -0.2) is 17.6 Å². The quantitative estimate of drug-likeness (QED) is 0.308. The lowest BCUT2D eigenvalue weighted by atomic mass is 9.94. The highest BCUT2D eigenvalue weighted by molar-refractivity contribution is 6.32. The highest BCUT2D eigenvalue weighted by Gasteiger charge is 2.37. The monoisotopic (exact) mass is 536 g/mol. The first-order valence-electron chi connectivity index (χ1n) is 10.5. The molecule has 0 spiro atoms. The first-order chi connectivity index (χ1) is 17.1. The van der Waals surface area contributed by atoms with Crippen molar-refractivity contribution in [1.82, 2.24) is 15.1 Å². The summed E-state index contributed by atoms with van der Waals surface area (Å²) in [5.74, 6) is -2.73. The predicted octanol–water partition coefficient (Wildman–Crippen LogP) is 5.97. The molecule has 12 heteroatoms. The number of benzene rings is 3. The smallest absolute Gasteiger partial charge is 0.257 e. The van der Waals surface area contributed by atoms with E-state index >= 15 is 0 Å². The van der Waals surface area contributed by atoms with E-state index in [2.05, 4.69) is 15.7 Å². The van der Waals surface area contributed by atoms with Crippen LogP contribution in [0.4, 0.5) is 23.2 Å². The fourth-order valence-corrected chi connectivity index (χ4v) is 4.73. The number of aromatic nitrogens is 2. The van der Waals surface area contributed by atoms with E-state index in [0.29, 0.717) is 0 Å². The van der Waals surface area contributed by atoms with E-state index < -0.39 is 42.5 Å². The van der Waals surface area contributed by atoms with Gasteiger partial charge in [0.05, 0.1) is 23.3 Å². The topological polar surface area (TPSA) is 76.0 Å². The Balaban J connectivity index is 1.71. The molecule has 0 bridgehead atoms. The van der Waals surface area contributed by atoms with E-state index in [-0.39, 0.29) is 48.9 Å². The molecular weight excluding hydrogens is 523 g/mol. The molecule has 184 valence electrons. The molecule has 1 aliphatic rings. The molecule has 36 heavy (non-hydrogen) atoms. The van der Waals surface area contributed by atoms with Crippen molar-refractivity contribution in [2.24, 2.45) is 0 Å². The number of hydrogen-bond acceptors (Lipinski definition) is 3. The van der Waals surface area contributed by atoms with Gasteiger partial charge in [0.2, 0.25) is 0 Å². The molecule has 2 amide bonds. The maximum atomic E-state index is 14.1. The van der Waals surface area contributed by atoms with Gasteiger partial charge in [0, 0.05) is 37.8 Å². The Morgan fingerprint density at radius 2 is 1.89 bits per heavy atom. The summed E-state index contributed by atoms with van der Waals surface area (Å²) in [7, 11) is 0. The molecule has 0 unspecified atom stereocenters. The molecule has 5 rings (SSSR count). The normalized spacial score (nSPS) is 14.9. The number of rotatable bonds is 5. The molecule has 1 aliphatic heterocycles. The minimum atomic E-state index is -2.73. The van der Waals surface area contributed by atoms with Gasteiger partial charge < -0.3 is 10.6 Å². The number of hydrogen-bond donors (Lipinski definition) is 2. The number of fused-ring (bicyclic) bond motifs is 3. The summed E-state index contributed by atoms with van der Waals surface area (Å²) >= 11 is 12.2. The second-order valence-corrected chi connectivity index (χ2v) is 8.89. The summed E-state index contributed by atoms with van der Waals surface area (Å²) in [4.78, 5) is 26.1. The molecule has 2 N–H and O–H groups in total. The first-order valence-corrected chi connectivity index (χ1v) is 11.2. The Morgan fingerprint density at radius 1 is 1.11 bits per heavy atom. The summed E-state index contributed by atoms with van der Waals surface area (Å²) in [5.41, 5.74) is 0.587. The summed E-state index contributed by atoms with van der Waals surface area (Å²) in [6, 6.07) is 7.24. The zero-order valence-electron chi connectivity index (χ0n) is 18.0. The van der Waals surface area contributed by atoms with Crippen LogP contribution in [0.1, 0.15) is 37.9 Å². The Labute approximate surface area is 210 Å². The number of carbonyl (C=O) groups excluding carboxylic acids is 2. The van der Waals surface area contributed by atoms with Crippen LogP contribution in [-0.4, -0.2) is 28.0 Å². The molecule has 0 aliphatic carbocycles. The fraction of sp³-hybridized carbons (Fsp3) is 0.125. The molecular formula is C24H14Cl2F4N4O2. The van der Waals surface area contributed by atoms with Crippen LogP contribution in [0, 0.1) is 11.6 Å². The molecule has 1 aromatic heterocycles. The average molecular weight is 537 g/mol. The van der Waals surface area contributed by atoms with E-state index in [1.807, 2.05) is 0 Å². The van der Waals surface area contributed by atoms with Gasteiger partial charge >= 0.3 is 0 Å². The number of carbonyl (C=O) groups is 2. The second-order valence-electron chi connectivity index (χ2n) is 8.05. The van der Waals surface area contributed by atoms with E-state index in [1.54, 1.807) is 0 Å². The van der Waals surface area contributed by atoms with Crippen LogP contribution < -0.4 is 10.6 Å². The third kappa shape index (κ3) is 4.27. The third-order valence-corrected chi connectivity index (χ3v) is 6.30. The SMILES string of the molecule is O=C(Nc1cc2c(cnn2CC(F)F)c2c1[C@@H](c1cc(F)ccc1Cl)NC2=O)c1cc(F)cc(Cl)c1. The maximum Gasteiger partial charge on any atom is 0.257 e. The molecule has 2 heterocycles. The second kappa shape index (κ2) is 9.11. The molecule has 3 aromatic carbocycles. The van der Waals surface area contributed by atoms with E-state index in [1.165, 1.54) is 24.4 Å². The lowest BCUT2D eigenvalue weighted by Gasteiger charge is -2.18. The molecule has 4 aromatic rings. The number of halogens is 6. The van der Waals surface area contributed by atoms with Gasteiger partial charge in [-0.15, -0.1) is 0 Å². The van der Waals surface area contributed by atoms with E-state index in [0.717, 1.165) is 28.9 Å². The molecule has 6 nitrogen and oxygen atoms in total. The van der Waals surface area contributed by atoms with Gasteiger partial charge in [-0.3, -0.25) is 14.3 Å². The van der Waals surface area contributed by atoms with Crippen molar-refractivity contribution < 1.29 is 27.2 Å². The standard InChI is InChI=1S/C24H14Cl2F4N4O2/c25-11-3-10(4-13(28)5-11)23(35)32-17-7-18-15(8-31-34(18)9-19(29)30)20-21(17)22(33-24(20)36)14-6-12(27)1-2-16(14)26/h1-8,19,22H,9H2,(H,32,35)(H,33,36)/t22-/m1/s1. The zero-order chi connectivity index (χ0) is 25.7. The molecule has 0 fully saturated rings. The first kappa shape index (κ1) is 24.1. The number of anilines is 1. The number of amides is 2. The Kier molecular flexibility index (Phi) is 6.09. The van der Waals surface area contributed by atoms with Crippen LogP contribution in [0.25, 0.3) is 10.9 Å². The maximum absolute atomic E-state index is 14.1. The summed E-state index contributed by atoms with van der Waals surface area (Å²) in [6.45, 7) is -0.754. The van der Waals surface area contributed by atoms with Crippen LogP contribution in [-0.2, 0) is 6.54 Å². The minimum absolute atomic E-state index is 0.0166. The summed E-state index contributed by atoms with van der Waals surface area (Å²) in [6.07, 6.45) is -1.47. The van der Waals surface area contributed by atoms with Gasteiger partial charge in [0.15, 0.2) is 0 Å². The molecule has 0 saturated heterocycles. The van der Waals surface area contributed by atoms with Crippen LogP contribution >= 0.6 is 23.2 Å². The highest BCUT2D eigenvalue weighted by Crippen LogP contribution is 2.43. The fourth-order valence-electron chi connectivity index (χ4n) is 4.28. The Morgan fingerprint density at radius 3 is 2.61 bits per heavy atom. The van der Waals surface area contributed by atoms with Gasteiger partial charge in [0.1, 0.15) is 18.2 Å².